The molecule has 1 aromatic heterocycles. The lowest BCUT2D eigenvalue weighted by molar-refractivity contribution is 0.106. The van der Waals surface area contributed by atoms with Crippen LogP contribution >= 0.6 is 0 Å². The molecule has 0 saturated carbocycles. The second-order valence-corrected chi connectivity index (χ2v) is 8.39. The van der Waals surface area contributed by atoms with E-state index in [9.17, 15) is 0 Å². The number of benzene rings is 3. The summed E-state index contributed by atoms with van der Waals surface area (Å²) >= 11 is 0. The van der Waals surface area contributed by atoms with Crippen LogP contribution in [0.5, 0.6) is 11.6 Å². The minimum atomic E-state index is 0.252. The van der Waals surface area contributed by atoms with Crippen molar-refractivity contribution in [1.29, 1.82) is 0 Å². The van der Waals surface area contributed by atoms with Gasteiger partial charge in [-0.05, 0) is 41.3 Å². The number of hydrogen-bond acceptors (Lipinski definition) is 4. The second-order valence-electron chi connectivity index (χ2n) is 8.39. The predicted octanol–water partition coefficient (Wildman–Crippen LogP) is 5.76. The molecule has 0 bridgehead atoms. The SMILES string of the molecule is COc1ncccc1-c1cccc2c1C[C@H](N(Cc1ccccc1)Cc1ccccc1)CO2. The normalized spacial score (nSPS) is 15.0. The summed E-state index contributed by atoms with van der Waals surface area (Å²) in [5.41, 5.74) is 5.95. The highest BCUT2D eigenvalue weighted by atomic mass is 16.5. The Morgan fingerprint density at radius 1 is 0.818 bits per heavy atom. The van der Waals surface area contributed by atoms with Crippen LogP contribution in [0.25, 0.3) is 11.1 Å². The molecule has 5 rings (SSSR count). The lowest BCUT2D eigenvalue weighted by Crippen LogP contribution is -2.42. The molecule has 4 aromatic rings. The zero-order valence-electron chi connectivity index (χ0n) is 18.9. The fourth-order valence-electron chi connectivity index (χ4n) is 4.59. The molecule has 0 saturated heterocycles. The Kier molecular flexibility index (Phi) is 6.36. The highest BCUT2D eigenvalue weighted by molar-refractivity contribution is 5.74. The van der Waals surface area contributed by atoms with Crippen LogP contribution in [-0.2, 0) is 19.5 Å². The van der Waals surface area contributed by atoms with Gasteiger partial charge in [-0.15, -0.1) is 0 Å². The first-order valence-corrected chi connectivity index (χ1v) is 11.4. The lowest BCUT2D eigenvalue weighted by atomic mass is 9.92. The maximum atomic E-state index is 6.33. The Morgan fingerprint density at radius 2 is 1.48 bits per heavy atom. The standard InChI is InChI=1S/C29H28N2O2/c1-32-29-26(15-9-17-30-29)25-14-8-16-28-27(25)18-24(21-33-28)31(19-22-10-4-2-5-11-22)20-23-12-6-3-7-13-23/h2-17,24H,18-21H2,1H3/t24-/m0/s1. The number of rotatable bonds is 7. The van der Waals surface area contributed by atoms with Gasteiger partial charge in [-0.3, -0.25) is 4.90 Å². The van der Waals surface area contributed by atoms with Gasteiger partial charge in [0.25, 0.3) is 0 Å². The Hall–Kier alpha value is -3.63. The fourth-order valence-corrected chi connectivity index (χ4v) is 4.59. The first kappa shape index (κ1) is 21.2. The molecule has 0 radical (unpaired) electrons. The van der Waals surface area contributed by atoms with Crippen LogP contribution in [0.3, 0.4) is 0 Å². The van der Waals surface area contributed by atoms with Crippen LogP contribution < -0.4 is 9.47 Å². The van der Waals surface area contributed by atoms with Gasteiger partial charge in [0.15, 0.2) is 0 Å². The zero-order chi connectivity index (χ0) is 22.5. The van der Waals surface area contributed by atoms with E-state index < -0.39 is 0 Å². The third kappa shape index (κ3) is 4.76. The van der Waals surface area contributed by atoms with Gasteiger partial charge in [0.2, 0.25) is 5.88 Å². The van der Waals surface area contributed by atoms with E-state index in [1.807, 2.05) is 12.1 Å². The quantitative estimate of drug-likeness (QED) is 0.369. The van der Waals surface area contributed by atoms with Gasteiger partial charge < -0.3 is 9.47 Å². The minimum Gasteiger partial charge on any atom is -0.492 e. The van der Waals surface area contributed by atoms with Crippen molar-refractivity contribution in [2.24, 2.45) is 0 Å². The third-order valence-corrected chi connectivity index (χ3v) is 6.23. The van der Waals surface area contributed by atoms with E-state index >= 15 is 0 Å². The van der Waals surface area contributed by atoms with Gasteiger partial charge >= 0.3 is 0 Å². The Morgan fingerprint density at radius 3 is 2.15 bits per heavy atom. The molecule has 2 heterocycles. The molecule has 0 amide bonds. The molecule has 33 heavy (non-hydrogen) atoms. The van der Waals surface area contributed by atoms with E-state index in [2.05, 4.69) is 88.7 Å². The molecule has 0 fully saturated rings. The Balaban J connectivity index is 1.48. The van der Waals surface area contributed by atoms with E-state index in [-0.39, 0.29) is 6.04 Å². The summed E-state index contributed by atoms with van der Waals surface area (Å²) in [6.45, 7) is 2.41. The Bertz CT molecular complexity index is 1150. The maximum Gasteiger partial charge on any atom is 0.221 e. The van der Waals surface area contributed by atoms with E-state index in [1.165, 1.54) is 16.7 Å². The molecular formula is C29H28N2O2. The first-order chi connectivity index (χ1) is 16.3. The smallest absolute Gasteiger partial charge is 0.221 e. The number of ether oxygens (including phenoxy) is 2. The lowest BCUT2D eigenvalue weighted by Gasteiger charge is -2.36. The molecule has 4 heteroatoms. The van der Waals surface area contributed by atoms with Crippen LogP contribution in [-0.4, -0.2) is 29.6 Å². The summed E-state index contributed by atoms with van der Waals surface area (Å²) in [7, 11) is 1.67. The van der Waals surface area contributed by atoms with Crippen LogP contribution in [0.2, 0.25) is 0 Å². The predicted molar refractivity (Wildman–Crippen MR) is 131 cm³/mol. The van der Waals surface area contributed by atoms with Crippen molar-refractivity contribution in [3.8, 4) is 22.8 Å². The van der Waals surface area contributed by atoms with Gasteiger partial charge in [0, 0.05) is 36.5 Å². The fraction of sp³-hybridized carbons (Fsp3) is 0.207. The maximum absolute atomic E-state index is 6.33. The summed E-state index contributed by atoms with van der Waals surface area (Å²) in [6, 6.07) is 31.9. The van der Waals surface area contributed by atoms with Gasteiger partial charge in [-0.1, -0.05) is 72.8 Å². The summed E-state index contributed by atoms with van der Waals surface area (Å²) in [5.74, 6) is 1.59. The average Bonchev–Trinajstić information content (AvgIpc) is 2.89. The third-order valence-electron chi connectivity index (χ3n) is 6.23. The molecule has 166 valence electrons. The largest absolute Gasteiger partial charge is 0.492 e. The molecule has 1 aliphatic heterocycles. The van der Waals surface area contributed by atoms with Crippen molar-refractivity contribution in [1.82, 2.24) is 9.88 Å². The molecule has 4 nitrogen and oxygen atoms in total. The van der Waals surface area contributed by atoms with Crippen LogP contribution in [0, 0.1) is 0 Å². The highest BCUT2D eigenvalue weighted by Crippen LogP contribution is 2.38. The van der Waals surface area contributed by atoms with Gasteiger partial charge in [-0.2, -0.15) is 0 Å². The monoisotopic (exact) mass is 436 g/mol. The van der Waals surface area contributed by atoms with E-state index in [4.69, 9.17) is 9.47 Å². The highest BCUT2D eigenvalue weighted by Gasteiger charge is 2.28. The molecule has 0 spiro atoms. The first-order valence-electron chi connectivity index (χ1n) is 11.4. The number of aromatic nitrogens is 1. The second kappa shape index (κ2) is 9.88. The van der Waals surface area contributed by atoms with Crippen LogP contribution in [0.15, 0.2) is 97.2 Å². The number of pyridine rings is 1. The molecule has 0 aliphatic carbocycles. The number of fused-ring (bicyclic) bond motifs is 1. The van der Waals surface area contributed by atoms with Crippen molar-refractivity contribution >= 4 is 0 Å². The van der Waals surface area contributed by atoms with E-state index in [0.29, 0.717) is 12.5 Å². The molecule has 1 aliphatic rings. The van der Waals surface area contributed by atoms with Crippen molar-refractivity contribution < 1.29 is 9.47 Å². The van der Waals surface area contributed by atoms with E-state index in [0.717, 1.165) is 36.4 Å². The van der Waals surface area contributed by atoms with Crippen molar-refractivity contribution in [2.45, 2.75) is 25.6 Å². The Labute approximate surface area is 195 Å². The van der Waals surface area contributed by atoms with Gasteiger partial charge in [0.05, 0.1) is 7.11 Å². The van der Waals surface area contributed by atoms with Crippen molar-refractivity contribution in [3.63, 3.8) is 0 Å². The summed E-state index contributed by atoms with van der Waals surface area (Å²) in [5, 5.41) is 0. The topological polar surface area (TPSA) is 34.6 Å². The summed E-state index contributed by atoms with van der Waals surface area (Å²) < 4.78 is 11.9. The average molecular weight is 437 g/mol. The molecule has 3 aromatic carbocycles. The number of methoxy groups -OCH3 is 1. The zero-order valence-corrected chi connectivity index (χ0v) is 18.9. The molecule has 0 N–H and O–H groups in total. The summed E-state index contributed by atoms with van der Waals surface area (Å²) in [4.78, 5) is 6.95. The van der Waals surface area contributed by atoms with Gasteiger partial charge in [-0.25, -0.2) is 4.98 Å². The molecular weight excluding hydrogens is 408 g/mol. The van der Waals surface area contributed by atoms with Crippen LogP contribution in [0.1, 0.15) is 16.7 Å². The van der Waals surface area contributed by atoms with Crippen molar-refractivity contribution in [2.75, 3.05) is 13.7 Å². The summed E-state index contributed by atoms with van der Waals surface area (Å²) in [6.07, 6.45) is 2.67. The van der Waals surface area contributed by atoms with Crippen molar-refractivity contribution in [3.05, 3.63) is 114 Å². The minimum absolute atomic E-state index is 0.252. The van der Waals surface area contributed by atoms with Crippen LogP contribution in [0.4, 0.5) is 0 Å². The van der Waals surface area contributed by atoms with Gasteiger partial charge in [0.1, 0.15) is 12.4 Å². The van der Waals surface area contributed by atoms with E-state index in [1.54, 1.807) is 13.3 Å². The number of hydrogen-bond donors (Lipinski definition) is 0. The molecule has 0 unspecified atom stereocenters. The number of nitrogens with zero attached hydrogens (tertiary/aromatic N) is 2. The molecule has 1 atom stereocenters.